The molecule has 0 bridgehead atoms. The second-order valence-electron chi connectivity index (χ2n) is 2.88. The number of hydrogen-bond acceptors (Lipinski definition) is 2. The van der Waals surface area contributed by atoms with Gasteiger partial charge in [-0.3, -0.25) is 15.0 Å². The second kappa shape index (κ2) is 3.34. The lowest BCUT2D eigenvalue weighted by atomic mass is 10.1. The van der Waals surface area contributed by atoms with E-state index in [0.717, 1.165) is 10.0 Å². The lowest BCUT2D eigenvalue weighted by Gasteiger charge is -1.98. The first-order valence-electron chi connectivity index (χ1n) is 4.00. The van der Waals surface area contributed by atoms with E-state index in [1.807, 2.05) is 24.3 Å². The number of aromatic nitrogens is 2. The average Bonchev–Trinajstić information content (AvgIpc) is 2.46. The van der Waals surface area contributed by atoms with Crippen LogP contribution in [0.4, 0.5) is 5.82 Å². The predicted octanol–water partition coefficient (Wildman–Crippen LogP) is 1.71. The number of H-pyrrole nitrogens is 2. The number of halogens is 1. The molecule has 5 heteroatoms. The van der Waals surface area contributed by atoms with Crippen molar-refractivity contribution in [2.45, 2.75) is 0 Å². The van der Waals surface area contributed by atoms with Gasteiger partial charge in [0.05, 0.1) is 5.56 Å². The summed E-state index contributed by atoms with van der Waals surface area (Å²) in [5.41, 5.74) is 6.68. The number of nitrogen functional groups attached to an aromatic ring is 1. The number of hydrogen-bond donors (Lipinski definition) is 3. The molecule has 0 amide bonds. The molecule has 0 unspecified atom stereocenters. The Bertz CT molecular complexity index is 515. The highest BCUT2D eigenvalue weighted by molar-refractivity contribution is 9.10. The first-order valence-corrected chi connectivity index (χ1v) is 4.80. The zero-order valence-corrected chi connectivity index (χ0v) is 8.76. The summed E-state index contributed by atoms with van der Waals surface area (Å²) in [6, 6.07) is 7.42. The molecule has 2 aromatic rings. The molecule has 0 aliphatic rings. The molecule has 0 radical (unpaired) electrons. The van der Waals surface area contributed by atoms with Crippen LogP contribution in [0.15, 0.2) is 33.5 Å². The zero-order valence-electron chi connectivity index (χ0n) is 7.17. The Balaban J connectivity index is 2.66. The maximum absolute atomic E-state index is 11.4. The molecule has 4 N–H and O–H groups in total. The van der Waals surface area contributed by atoms with E-state index in [4.69, 9.17) is 5.73 Å². The number of nitrogens with one attached hydrogen (secondary N) is 2. The monoisotopic (exact) mass is 253 g/mol. The number of aromatic amines is 2. The van der Waals surface area contributed by atoms with E-state index < -0.39 is 0 Å². The molecule has 1 aromatic heterocycles. The highest BCUT2D eigenvalue weighted by Crippen LogP contribution is 2.23. The smallest absolute Gasteiger partial charge is 0.273 e. The third-order valence-corrected chi connectivity index (χ3v) is 2.41. The molecule has 1 aromatic carbocycles. The van der Waals surface area contributed by atoms with Crippen LogP contribution in [0.25, 0.3) is 11.1 Å². The van der Waals surface area contributed by atoms with E-state index in [9.17, 15) is 4.79 Å². The van der Waals surface area contributed by atoms with Crippen molar-refractivity contribution in [2.24, 2.45) is 0 Å². The quantitative estimate of drug-likeness (QED) is 0.724. The highest BCUT2D eigenvalue weighted by Gasteiger charge is 2.09. The molecule has 1 heterocycles. The van der Waals surface area contributed by atoms with Crippen molar-refractivity contribution in [1.29, 1.82) is 0 Å². The molecule has 72 valence electrons. The van der Waals surface area contributed by atoms with Crippen LogP contribution in [0.2, 0.25) is 0 Å². The van der Waals surface area contributed by atoms with Gasteiger partial charge in [0.1, 0.15) is 5.82 Å². The summed E-state index contributed by atoms with van der Waals surface area (Å²) in [5, 5.41) is 5.01. The van der Waals surface area contributed by atoms with Crippen LogP contribution in [-0.4, -0.2) is 10.2 Å². The van der Waals surface area contributed by atoms with Crippen molar-refractivity contribution < 1.29 is 0 Å². The summed E-state index contributed by atoms with van der Waals surface area (Å²) in [5.74, 6) is 0.355. The molecule has 0 spiro atoms. The Morgan fingerprint density at radius 2 is 2.07 bits per heavy atom. The van der Waals surface area contributed by atoms with E-state index in [-0.39, 0.29) is 5.56 Å². The van der Waals surface area contributed by atoms with Crippen LogP contribution >= 0.6 is 15.9 Å². The standard InChI is InChI=1S/C9H8BrN3O/c10-6-3-1-2-5(4-6)7-8(11)12-13-9(7)14/h1-4H,(H4,11,12,13,14). The van der Waals surface area contributed by atoms with Gasteiger partial charge >= 0.3 is 0 Å². The fraction of sp³-hybridized carbons (Fsp3) is 0. The SMILES string of the molecule is Nc1[nH][nH]c(=O)c1-c1cccc(Br)c1. The normalized spacial score (nSPS) is 10.4. The third kappa shape index (κ3) is 1.46. The number of anilines is 1. The van der Waals surface area contributed by atoms with Gasteiger partial charge in [0.15, 0.2) is 0 Å². The van der Waals surface area contributed by atoms with Crippen LogP contribution in [0.3, 0.4) is 0 Å². The van der Waals surface area contributed by atoms with Gasteiger partial charge in [-0.15, -0.1) is 0 Å². The summed E-state index contributed by atoms with van der Waals surface area (Å²) >= 11 is 3.33. The van der Waals surface area contributed by atoms with Crippen molar-refractivity contribution in [1.82, 2.24) is 10.2 Å². The lowest BCUT2D eigenvalue weighted by Crippen LogP contribution is -2.02. The van der Waals surface area contributed by atoms with Crippen LogP contribution < -0.4 is 11.3 Å². The third-order valence-electron chi connectivity index (χ3n) is 1.92. The molecule has 0 fully saturated rings. The molecule has 14 heavy (non-hydrogen) atoms. The van der Waals surface area contributed by atoms with Crippen LogP contribution in [-0.2, 0) is 0 Å². The Morgan fingerprint density at radius 1 is 1.29 bits per heavy atom. The van der Waals surface area contributed by atoms with Crippen molar-refractivity contribution in [3.05, 3.63) is 39.1 Å². The first-order chi connectivity index (χ1) is 6.68. The van der Waals surface area contributed by atoms with Crippen LogP contribution in [0, 0.1) is 0 Å². The fourth-order valence-corrected chi connectivity index (χ4v) is 1.70. The van der Waals surface area contributed by atoms with Crippen molar-refractivity contribution in [3.63, 3.8) is 0 Å². The Morgan fingerprint density at radius 3 is 2.64 bits per heavy atom. The minimum Gasteiger partial charge on any atom is -0.383 e. The van der Waals surface area contributed by atoms with Gasteiger partial charge in [0, 0.05) is 4.47 Å². The second-order valence-corrected chi connectivity index (χ2v) is 3.79. The van der Waals surface area contributed by atoms with E-state index in [1.54, 1.807) is 0 Å². The summed E-state index contributed by atoms with van der Waals surface area (Å²) in [6.07, 6.45) is 0. The van der Waals surface area contributed by atoms with Gasteiger partial charge in [-0.1, -0.05) is 28.1 Å². The molecule has 4 nitrogen and oxygen atoms in total. The van der Waals surface area contributed by atoms with Crippen molar-refractivity contribution >= 4 is 21.7 Å². The Kier molecular flexibility index (Phi) is 2.17. The predicted molar refractivity (Wildman–Crippen MR) is 59.0 cm³/mol. The van der Waals surface area contributed by atoms with Gasteiger partial charge in [0.25, 0.3) is 5.56 Å². The molecule has 0 aliphatic carbocycles. The van der Waals surface area contributed by atoms with Gasteiger partial charge in [0.2, 0.25) is 0 Å². The number of benzene rings is 1. The molecule has 0 saturated carbocycles. The average molecular weight is 254 g/mol. The Hall–Kier alpha value is -1.49. The number of nitrogens with two attached hydrogens (primary N) is 1. The van der Waals surface area contributed by atoms with Crippen molar-refractivity contribution in [2.75, 3.05) is 5.73 Å². The zero-order chi connectivity index (χ0) is 10.1. The molecule has 0 saturated heterocycles. The van der Waals surface area contributed by atoms with Crippen LogP contribution in [0.1, 0.15) is 0 Å². The summed E-state index contributed by atoms with van der Waals surface area (Å²) < 4.78 is 0.912. The van der Waals surface area contributed by atoms with E-state index in [1.165, 1.54) is 0 Å². The summed E-state index contributed by atoms with van der Waals surface area (Å²) in [7, 11) is 0. The van der Waals surface area contributed by atoms with E-state index >= 15 is 0 Å². The van der Waals surface area contributed by atoms with Gasteiger partial charge in [-0.2, -0.15) is 0 Å². The van der Waals surface area contributed by atoms with E-state index in [0.29, 0.717) is 11.4 Å². The number of rotatable bonds is 1. The lowest BCUT2D eigenvalue weighted by molar-refractivity contribution is 1.06. The maximum Gasteiger partial charge on any atom is 0.273 e. The minimum atomic E-state index is -0.208. The minimum absolute atomic E-state index is 0.208. The Labute approximate surface area is 88.3 Å². The molecule has 0 atom stereocenters. The van der Waals surface area contributed by atoms with Crippen LogP contribution in [0.5, 0.6) is 0 Å². The maximum atomic E-state index is 11.4. The summed E-state index contributed by atoms with van der Waals surface area (Å²) in [6.45, 7) is 0. The fourth-order valence-electron chi connectivity index (χ4n) is 1.30. The highest BCUT2D eigenvalue weighted by atomic mass is 79.9. The van der Waals surface area contributed by atoms with Crippen molar-refractivity contribution in [3.8, 4) is 11.1 Å². The molecule has 0 aliphatic heterocycles. The first kappa shape index (κ1) is 9.08. The molecular weight excluding hydrogens is 246 g/mol. The molecular formula is C9H8BrN3O. The van der Waals surface area contributed by atoms with E-state index in [2.05, 4.69) is 26.1 Å². The summed E-state index contributed by atoms with van der Waals surface area (Å²) in [4.78, 5) is 11.4. The topological polar surface area (TPSA) is 74.7 Å². The molecule has 2 rings (SSSR count). The van der Waals surface area contributed by atoms with Gasteiger partial charge in [-0.25, -0.2) is 0 Å². The van der Waals surface area contributed by atoms with Gasteiger partial charge in [-0.05, 0) is 17.7 Å². The van der Waals surface area contributed by atoms with Gasteiger partial charge < -0.3 is 5.73 Å². The largest absolute Gasteiger partial charge is 0.383 e.